The molecule has 12 nitrogen and oxygen atoms in total. The summed E-state index contributed by atoms with van der Waals surface area (Å²) in [5, 5.41) is 29.3. The summed E-state index contributed by atoms with van der Waals surface area (Å²) in [4.78, 5) is 32.1. The summed E-state index contributed by atoms with van der Waals surface area (Å²) in [5.74, 6) is -0.387. The summed E-state index contributed by atoms with van der Waals surface area (Å²) in [5.41, 5.74) is 4.21. The molecule has 30 heavy (non-hydrogen) atoms. The summed E-state index contributed by atoms with van der Waals surface area (Å²) in [7, 11) is 0. The molecule has 0 aliphatic heterocycles. The molecule has 2 aromatic rings. The van der Waals surface area contributed by atoms with E-state index in [1.165, 1.54) is 4.90 Å². The van der Waals surface area contributed by atoms with Gasteiger partial charge in [0.2, 0.25) is 11.6 Å². The highest BCUT2D eigenvalue weighted by atomic mass is 16.6. The second-order valence-electron chi connectivity index (χ2n) is 5.73. The van der Waals surface area contributed by atoms with Crippen LogP contribution < -0.4 is 20.5 Å². The number of nitriles is 2. The molecule has 0 radical (unpaired) electrons. The first-order valence-corrected chi connectivity index (χ1v) is 8.77. The van der Waals surface area contributed by atoms with E-state index in [0.717, 1.165) is 6.33 Å². The molecule has 0 bridgehead atoms. The van der Waals surface area contributed by atoms with Crippen molar-refractivity contribution in [2.24, 2.45) is 0 Å². The highest BCUT2D eigenvalue weighted by molar-refractivity contribution is 5.80. The lowest BCUT2D eigenvalue weighted by Gasteiger charge is -2.21. The molecule has 1 aromatic carbocycles. The molecule has 1 amide bonds. The van der Waals surface area contributed by atoms with Gasteiger partial charge in [-0.2, -0.15) is 10.5 Å². The molecule has 0 atom stereocenters. The number of carbonyl (C=O) groups excluding carboxylic acids is 1. The Bertz CT molecular complexity index is 937. The van der Waals surface area contributed by atoms with E-state index in [4.69, 9.17) is 15.3 Å². The molecule has 12 heteroatoms. The van der Waals surface area contributed by atoms with E-state index >= 15 is 0 Å². The predicted molar refractivity (Wildman–Crippen MR) is 105 cm³/mol. The summed E-state index contributed by atoms with van der Waals surface area (Å²) >= 11 is 0. The SMILES string of the molecule is N#CCCN(CCC#N)c1ncnc(NNC(=O)COc2ccccc2)c1[N+](=O)[O-]. The minimum atomic E-state index is -0.698. The highest BCUT2D eigenvalue weighted by Crippen LogP contribution is 2.31. The number of hydrazine groups is 1. The molecule has 0 unspecified atom stereocenters. The second kappa shape index (κ2) is 11.4. The number of aromatic nitrogens is 2. The molecule has 0 spiro atoms. The van der Waals surface area contributed by atoms with Crippen LogP contribution in [0.25, 0.3) is 0 Å². The van der Waals surface area contributed by atoms with E-state index < -0.39 is 16.5 Å². The van der Waals surface area contributed by atoms with Crippen molar-refractivity contribution in [3.63, 3.8) is 0 Å². The zero-order valence-electron chi connectivity index (χ0n) is 15.8. The van der Waals surface area contributed by atoms with Crippen molar-refractivity contribution in [2.75, 3.05) is 30.0 Å². The van der Waals surface area contributed by atoms with E-state index in [0.29, 0.717) is 5.75 Å². The molecular formula is C18H18N8O4. The van der Waals surface area contributed by atoms with Crippen LogP contribution in [0.15, 0.2) is 36.7 Å². The number of nitro groups is 1. The first-order chi connectivity index (χ1) is 14.6. The number of carbonyl (C=O) groups is 1. The Morgan fingerprint density at radius 2 is 1.83 bits per heavy atom. The van der Waals surface area contributed by atoms with Gasteiger partial charge in [-0.1, -0.05) is 18.2 Å². The standard InChI is InChI=1S/C18H18N8O4/c19-8-4-10-25(11-5-9-20)18-16(26(28)29)17(21-13-22-18)24-23-15(27)12-30-14-6-2-1-3-7-14/h1-3,6-7,13H,4-5,10-12H2,(H,23,27)(H,21,22,24). The number of para-hydroxylation sites is 1. The molecule has 0 aliphatic rings. The van der Waals surface area contributed by atoms with Gasteiger partial charge in [0.05, 0.1) is 29.9 Å². The van der Waals surface area contributed by atoms with Crippen LogP contribution in [0.1, 0.15) is 12.8 Å². The molecule has 1 aromatic heterocycles. The van der Waals surface area contributed by atoms with Crippen molar-refractivity contribution in [3.8, 4) is 17.9 Å². The van der Waals surface area contributed by atoms with E-state index in [2.05, 4.69) is 20.8 Å². The molecule has 2 N–H and O–H groups in total. The van der Waals surface area contributed by atoms with Crippen molar-refractivity contribution in [3.05, 3.63) is 46.8 Å². The number of hydrogen-bond donors (Lipinski definition) is 2. The van der Waals surface area contributed by atoms with Crippen LogP contribution in [0.4, 0.5) is 17.3 Å². The fourth-order valence-electron chi connectivity index (χ4n) is 2.38. The van der Waals surface area contributed by atoms with Gasteiger partial charge in [-0.3, -0.25) is 25.8 Å². The number of ether oxygens (including phenoxy) is 1. The fourth-order valence-corrected chi connectivity index (χ4v) is 2.38. The van der Waals surface area contributed by atoms with Crippen molar-refractivity contribution in [1.82, 2.24) is 15.4 Å². The second-order valence-corrected chi connectivity index (χ2v) is 5.73. The number of benzene rings is 1. The third-order valence-corrected chi connectivity index (χ3v) is 3.71. The van der Waals surface area contributed by atoms with Gasteiger partial charge in [0.25, 0.3) is 5.91 Å². The van der Waals surface area contributed by atoms with Crippen LogP contribution in [0.5, 0.6) is 5.75 Å². The molecule has 0 aliphatic carbocycles. The first kappa shape index (κ1) is 21.8. The Kier molecular flexibility index (Phi) is 8.31. The number of amides is 1. The summed E-state index contributed by atoms with van der Waals surface area (Å²) in [6.45, 7) is -0.0291. The molecule has 0 saturated carbocycles. The lowest BCUT2D eigenvalue weighted by Crippen LogP contribution is -2.34. The number of nitrogens with one attached hydrogen (secondary N) is 2. The lowest BCUT2D eigenvalue weighted by atomic mass is 10.3. The summed E-state index contributed by atoms with van der Waals surface area (Å²) in [6, 6.07) is 12.6. The van der Waals surface area contributed by atoms with Gasteiger partial charge in [0, 0.05) is 13.1 Å². The Labute approximate surface area is 171 Å². The minimum Gasteiger partial charge on any atom is -0.484 e. The summed E-state index contributed by atoms with van der Waals surface area (Å²) in [6.07, 6.45) is 1.26. The van der Waals surface area contributed by atoms with Gasteiger partial charge in [0.1, 0.15) is 12.1 Å². The lowest BCUT2D eigenvalue weighted by molar-refractivity contribution is -0.383. The fraction of sp³-hybridized carbons (Fsp3) is 0.278. The highest BCUT2D eigenvalue weighted by Gasteiger charge is 2.27. The molecule has 0 fully saturated rings. The first-order valence-electron chi connectivity index (χ1n) is 8.77. The maximum Gasteiger partial charge on any atom is 0.355 e. The van der Waals surface area contributed by atoms with Gasteiger partial charge in [-0.25, -0.2) is 9.97 Å². The average Bonchev–Trinajstić information content (AvgIpc) is 2.76. The number of rotatable bonds is 11. The molecule has 2 rings (SSSR count). The Morgan fingerprint density at radius 1 is 1.17 bits per heavy atom. The van der Waals surface area contributed by atoms with E-state index in [1.54, 1.807) is 30.3 Å². The maximum absolute atomic E-state index is 12.0. The maximum atomic E-state index is 12.0. The quantitative estimate of drug-likeness (QED) is 0.409. The van der Waals surface area contributed by atoms with Crippen molar-refractivity contribution < 1.29 is 14.5 Å². The van der Waals surface area contributed by atoms with E-state index in [9.17, 15) is 14.9 Å². The van der Waals surface area contributed by atoms with Crippen LogP contribution in [0, 0.1) is 32.8 Å². The number of anilines is 2. The van der Waals surface area contributed by atoms with Gasteiger partial charge in [0.15, 0.2) is 6.61 Å². The summed E-state index contributed by atoms with van der Waals surface area (Å²) < 4.78 is 5.30. The number of nitrogens with zero attached hydrogens (tertiary/aromatic N) is 6. The van der Waals surface area contributed by atoms with E-state index in [1.807, 2.05) is 12.1 Å². The molecule has 0 saturated heterocycles. The average molecular weight is 410 g/mol. The van der Waals surface area contributed by atoms with Crippen LogP contribution in [-0.4, -0.2) is 40.5 Å². The Morgan fingerprint density at radius 3 is 2.43 bits per heavy atom. The topological polar surface area (TPSA) is 170 Å². The van der Waals surface area contributed by atoms with Crippen LogP contribution in [0.2, 0.25) is 0 Å². The Hall–Kier alpha value is -4.45. The molecular weight excluding hydrogens is 392 g/mol. The third kappa shape index (κ3) is 6.31. The third-order valence-electron chi connectivity index (χ3n) is 3.71. The Balaban J connectivity index is 2.12. The number of hydrogen-bond acceptors (Lipinski definition) is 10. The predicted octanol–water partition coefficient (Wildman–Crippen LogP) is 1.54. The van der Waals surface area contributed by atoms with Crippen molar-refractivity contribution >= 4 is 23.2 Å². The van der Waals surface area contributed by atoms with Gasteiger partial charge >= 0.3 is 5.69 Å². The van der Waals surface area contributed by atoms with Crippen molar-refractivity contribution in [2.45, 2.75) is 12.8 Å². The van der Waals surface area contributed by atoms with Gasteiger partial charge in [-0.05, 0) is 12.1 Å². The normalized spacial score (nSPS) is 9.67. The van der Waals surface area contributed by atoms with Gasteiger partial charge < -0.3 is 9.64 Å². The molecule has 154 valence electrons. The van der Waals surface area contributed by atoms with Crippen LogP contribution in [-0.2, 0) is 4.79 Å². The zero-order chi connectivity index (χ0) is 21.8. The molecule has 1 heterocycles. The van der Waals surface area contributed by atoms with Crippen LogP contribution in [0.3, 0.4) is 0 Å². The van der Waals surface area contributed by atoms with Gasteiger partial charge in [-0.15, -0.1) is 0 Å². The van der Waals surface area contributed by atoms with Crippen LogP contribution >= 0.6 is 0 Å². The zero-order valence-corrected chi connectivity index (χ0v) is 15.8. The minimum absolute atomic E-state index is 0.0576. The van der Waals surface area contributed by atoms with Crippen molar-refractivity contribution in [1.29, 1.82) is 10.5 Å². The monoisotopic (exact) mass is 410 g/mol. The van der Waals surface area contributed by atoms with E-state index in [-0.39, 0.29) is 44.2 Å². The smallest absolute Gasteiger partial charge is 0.355 e. The largest absolute Gasteiger partial charge is 0.484 e.